The minimum Gasteiger partial charge on any atom is -0.491 e. The van der Waals surface area contributed by atoms with Crippen LogP contribution in [-0.2, 0) is 10.0 Å². The van der Waals surface area contributed by atoms with Crippen LogP contribution in [0, 0.1) is 0 Å². The van der Waals surface area contributed by atoms with Gasteiger partial charge in [-0.2, -0.15) is 4.31 Å². The highest BCUT2D eigenvalue weighted by molar-refractivity contribution is 7.89. The number of para-hydroxylation sites is 2. The van der Waals surface area contributed by atoms with Gasteiger partial charge in [-0.3, -0.25) is 4.79 Å². The molecule has 0 unspecified atom stereocenters. The Morgan fingerprint density at radius 3 is 2.40 bits per heavy atom. The van der Waals surface area contributed by atoms with Gasteiger partial charge in [0.25, 0.3) is 5.91 Å². The van der Waals surface area contributed by atoms with E-state index in [0.717, 1.165) is 32.1 Å². The number of nitrogens with one attached hydrogen (secondary N) is 1. The predicted molar refractivity (Wildman–Crippen MR) is 118 cm³/mol. The van der Waals surface area contributed by atoms with Crippen molar-refractivity contribution in [2.24, 2.45) is 0 Å². The smallest absolute Gasteiger partial charge is 0.255 e. The van der Waals surface area contributed by atoms with Gasteiger partial charge in [0.2, 0.25) is 10.0 Å². The number of rotatable bonds is 8. The fourth-order valence-corrected chi connectivity index (χ4v) is 5.10. The molecule has 0 bridgehead atoms. The third-order valence-corrected chi connectivity index (χ3v) is 7.40. The lowest BCUT2D eigenvalue weighted by atomic mass is 9.96. The highest BCUT2D eigenvalue weighted by Crippen LogP contribution is 2.27. The van der Waals surface area contributed by atoms with Crippen molar-refractivity contribution < 1.29 is 17.9 Å². The lowest BCUT2D eigenvalue weighted by molar-refractivity contribution is 0.102. The Kier molecular flexibility index (Phi) is 7.50. The van der Waals surface area contributed by atoms with Crippen molar-refractivity contribution in [2.75, 3.05) is 19.0 Å². The molecule has 2 aromatic carbocycles. The first-order chi connectivity index (χ1) is 14.4. The van der Waals surface area contributed by atoms with E-state index in [1.165, 1.54) is 22.9 Å². The molecule has 2 aromatic rings. The van der Waals surface area contributed by atoms with Gasteiger partial charge in [0.15, 0.2) is 0 Å². The molecular weight excluding hydrogens is 400 g/mol. The predicted octanol–water partition coefficient (Wildman–Crippen LogP) is 4.68. The number of carbonyl (C=O) groups is 1. The highest BCUT2D eigenvalue weighted by Gasteiger charge is 2.29. The lowest BCUT2D eigenvalue weighted by Crippen LogP contribution is -2.38. The van der Waals surface area contributed by atoms with Crippen molar-refractivity contribution >= 4 is 21.6 Å². The van der Waals surface area contributed by atoms with Crippen molar-refractivity contribution in [3.8, 4) is 5.75 Å². The van der Waals surface area contributed by atoms with Crippen LogP contribution in [0.1, 0.15) is 55.8 Å². The summed E-state index contributed by atoms with van der Waals surface area (Å²) in [4.78, 5) is 12.9. The summed E-state index contributed by atoms with van der Waals surface area (Å²) in [5.74, 6) is 0.299. The minimum atomic E-state index is -3.58. The largest absolute Gasteiger partial charge is 0.491 e. The number of anilines is 1. The van der Waals surface area contributed by atoms with E-state index in [4.69, 9.17) is 4.74 Å². The molecule has 1 fully saturated rings. The molecule has 0 atom stereocenters. The monoisotopic (exact) mass is 430 g/mol. The second kappa shape index (κ2) is 10.1. The number of carbonyl (C=O) groups excluding carboxylic acids is 1. The van der Waals surface area contributed by atoms with Crippen LogP contribution in [0.25, 0.3) is 0 Å². The Balaban J connectivity index is 1.71. The zero-order valence-corrected chi connectivity index (χ0v) is 18.5. The van der Waals surface area contributed by atoms with Crippen molar-refractivity contribution in [3.63, 3.8) is 0 Å². The molecule has 1 N–H and O–H groups in total. The summed E-state index contributed by atoms with van der Waals surface area (Å²) in [5.41, 5.74) is 0.976. The number of ether oxygens (including phenoxy) is 1. The number of amides is 1. The normalized spacial score (nSPS) is 15.2. The summed E-state index contributed by atoms with van der Waals surface area (Å²) >= 11 is 0. The first-order valence-corrected chi connectivity index (χ1v) is 12.0. The van der Waals surface area contributed by atoms with Crippen LogP contribution in [0.2, 0.25) is 0 Å². The van der Waals surface area contributed by atoms with Crippen molar-refractivity contribution in [3.05, 3.63) is 54.1 Å². The fourth-order valence-electron chi connectivity index (χ4n) is 3.69. The summed E-state index contributed by atoms with van der Waals surface area (Å²) in [5, 5.41) is 2.84. The zero-order valence-electron chi connectivity index (χ0n) is 17.6. The molecule has 0 heterocycles. The molecule has 3 rings (SSSR count). The van der Waals surface area contributed by atoms with Crippen LogP contribution in [-0.4, -0.2) is 38.3 Å². The molecular formula is C23H30N2O4S. The second-order valence-electron chi connectivity index (χ2n) is 7.64. The van der Waals surface area contributed by atoms with Gasteiger partial charge in [0.05, 0.1) is 17.2 Å². The van der Waals surface area contributed by atoms with E-state index in [9.17, 15) is 13.2 Å². The molecule has 1 amide bonds. The minimum absolute atomic E-state index is 0.0475. The number of sulfonamides is 1. The number of nitrogens with zero attached hydrogens (tertiary/aromatic N) is 1. The Morgan fingerprint density at radius 1 is 1.07 bits per heavy atom. The van der Waals surface area contributed by atoms with Crippen LogP contribution in [0.15, 0.2) is 53.4 Å². The molecule has 1 saturated carbocycles. The van der Waals surface area contributed by atoms with Gasteiger partial charge in [0.1, 0.15) is 5.75 Å². The van der Waals surface area contributed by atoms with Gasteiger partial charge in [-0.05, 0) is 55.7 Å². The van der Waals surface area contributed by atoms with Crippen molar-refractivity contribution in [1.82, 2.24) is 4.31 Å². The Labute approximate surface area is 179 Å². The quantitative estimate of drug-likeness (QED) is 0.660. The van der Waals surface area contributed by atoms with E-state index < -0.39 is 10.0 Å². The van der Waals surface area contributed by atoms with E-state index in [-0.39, 0.29) is 16.8 Å². The number of benzene rings is 2. The molecule has 162 valence electrons. The number of hydrogen-bond donors (Lipinski definition) is 1. The zero-order chi connectivity index (χ0) is 21.6. The van der Waals surface area contributed by atoms with E-state index in [2.05, 4.69) is 5.32 Å². The van der Waals surface area contributed by atoms with Gasteiger partial charge >= 0.3 is 0 Å². The first-order valence-electron chi connectivity index (χ1n) is 10.5. The van der Waals surface area contributed by atoms with Crippen molar-refractivity contribution in [1.29, 1.82) is 0 Å². The standard InChI is InChI=1S/C23H30N2O4S/c1-3-17-29-22-12-8-7-11-21(22)24-23(26)18-13-15-20(16-14-18)30(27,28)25(2)19-9-5-4-6-10-19/h7-8,11-16,19H,3-6,9-10,17H2,1-2H3,(H,24,26). The lowest BCUT2D eigenvalue weighted by Gasteiger charge is -2.30. The Hall–Kier alpha value is -2.38. The summed E-state index contributed by atoms with van der Waals surface area (Å²) in [6, 6.07) is 13.4. The molecule has 0 aromatic heterocycles. The van der Waals surface area contributed by atoms with Crippen molar-refractivity contribution in [2.45, 2.75) is 56.4 Å². The summed E-state index contributed by atoms with van der Waals surface area (Å²) in [7, 11) is -1.92. The Morgan fingerprint density at radius 2 is 1.73 bits per heavy atom. The third kappa shape index (κ3) is 5.21. The topological polar surface area (TPSA) is 75.7 Å². The molecule has 7 heteroatoms. The molecule has 0 spiro atoms. The molecule has 0 radical (unpaired) electrons. The van der Waals surface area contributed by atoms with Gasteiger partial charge < -0.3 is 10.1 Å². The first kappa shape index (κ1) is 22.3. The third-order valence-electron chi connectivity index (χ3n) is 5.48. The highest BCUT2D eigenvalue weighted by atomic mass is 32.2. The van der Waals surface area contributed by atoms with Crippen LogP contribution in [0.3, 0.4) is 0 Å². The van der Waals surface area contributed by atoms with Crippen LogP contribution < -0.4 is 10.1 Å². The second-order valence-corrected chi connectivity index (χ2v) is 9.63. The molecule has 30 heavy (non-hydrogen) atoms. The summed E-state index contributed by atoms with van der Waals surface area (Å²) < 4.78 is 33.1. The Bertz CT molecular complexity index is 951. The van der Waals surface area contributed by atoms with E-state index in [0.29, 0.717) is 23.6 Å². The maximum atomic E-state index is 13.0. The summed E-state index contributed by atoms with van der Waals surface area (Å²) in [6.45, 7) is 2.58. The maximum Gasteiger partial charge on any atom is 0.255 e. The molecule has 1 aliphatic carbocycles. The van der Waals surface area contributed by atoms with Gasteiger partial charge in [0, 0.05) is 18.7 Å². The van der Waals surface area contributed by atoms with Crippen LogP contribution >= 0.6 is 0 Å². The molecule has 1 aliphatic rings. The summed E-state index contributed by atoms with van der Waals surface area (Å²) in [6.07, 6.45) is 5.96. The molecule has 6 nitrogen and oxygen atoms in total. The molecule has 0 aliphatic heterocycles. The SMILES string of the molecule is CCCOc1ccccc1NC(=O)c1ccc(S(=O)(=O)N(C)C2CCCCC2)cc1. The maximum absolute atomic E-state index is 13.0. The molecule has 0 saturated heterocycles. The van der Waals surface area contributed by atoms with E-state index in [1.807, 2.05) is 25.1 Å². The average Bonchev–Trinajstić information content (AvgIpc) is 2.78. The van der Waals surface area contributed by atoms with Gasteiger partial charge in [-0.1, -0.05) is 38.3 Å². The van der Waals surface area contributed by atoms with Crippen LogP contribution in [0.4, 0.5) is 5.69 Å². The van der Waals surface area contributed by atoms with Gasteiger partial charge in [-0.25, -0.2) is 8.42 Å². The van der Waals surface area contributed by atoms with E-state index in [1.54, 1.807) is 25.2 Å². The van der Waals surface area contributed by atoms with E-state index >= 15 is 0 Å². The average molecular weight is 431 g/mol. The van der Waals surface area contributed by atoms with Crippen LogP contribution in [0.5, 0.6) is 5.75 Å². The number of hydrogen-bond acceptors (Lipinski definition) is 4. The fraction of sp³-hybridized carbons (Fsp3) is 0.435. The van der Waals surface area contributed by atoms with Gasteiger partial charge in [-0.15, -0.1) is 0 Å².